The van der Waals surface area contributed by atoms with E-state index in [1.165, 1.54) is 25.8 Å². The van der Waals surface area contributed by atoms with Crippen molar-refractivity contribution in [3.05, 3.63) is 0 Å². The van der Waals surface area contributed by atoms with Crippen LogP contribution in [0, 0.1) is 11.8 Å². The van der Waals surface area contributed by atoms with Gasteiger partial charge < -0.3 is 5.73 Å². The number of nitrogens with two attached hydrogens (primary N) is 1. The van der Waals surface area contributed by atoms with Crippen molar-refractivity contribution in [2.75, 3.05) is 13.1 Å². The molecule has 0 spiro atoms. The lowest BCUT2D eigenvalue weighted by Gasteiger charge is -2.44. The summed E-state index contributed by atoms with van der Waals surface area (Å²) in [5, 5.41) is 0. The number of nitrogens with zero attached hydrogens (tertiary/aromatic N) is 1. The molecule has 4 unspecified atom stereocenters. The highest BCUT2D eigenvalue weighted by atomic mass is 15.2. The van der Waals surface area contributed by atoms with E-state index in [-0.39, 0.29) is 0 Å². The second-order valence-corrected chi connectivity index (χ2v) is 5.03. The Morgan fingerprint density at radius 2 is 2.08 bits per heavy atom. The van der Waals surface area contributed by atoms with Crippen LogP contribution >= 0.6 is 0 Å². The first-order valence-electron chi connectivity index (χ1n) is 5.68. The SMILES string of the molecule is CC1CC(C)N(C2CCC2CN)C1. The van der Waals surface area contributed by atoms with Gasteiger partial charge in [0, 0.05) is 18.6 Å². The average Bonchev–Trinajstić information content (AvgIpc) is 2.30. The van der Waals surface area contributed by atoms with Crippen LogP contribution in [0.5, 0.6) is 0 Å². The molecule has 4 atom stereocenters. The van der Waals surface area contributed by atoms with Crippen LogP contribution in [0.3, 0.4) is 0 Å². The monoisotopic (exact) mass is 182 g/mol. The van der Waals surface area contributed by atoms with Crippen LogP contribution in [0.4, 0.5) is 0 Å². The molecular formula is C11H22N2. The quantitative estimate of drug-likeness (QED) is 0.700. The van der Waals surface area contributed by atoms with Gasteiger partial charge in [0.2, 0.25) is 0 Å². The summed E-state index contributed by atoms with van der Waals surface area (Å²) < 4.78 is 0. The largest absolute Gasteiger partial charge is 0.330 e. The molecule has 2 rings (SSSR count). The second-order valence-electron chi connectivity index (χ2n) is 5.03. The standard InChI is InChI=1S/C11H22N2/c1-8-5-9(2)13(7-8)11-4-3-10(11)6-12/h8-11H,3-7,12H2,1-2H3. The van der Waals surface area contributed by atoms with E-state index in [2.05, 4.69) is 18.7 Å². The van der Waals surface area contributed by atoms with Crippen molar-refractivity contribution in [1.82, 2.24) is 4.90 Å². The van der Waals surface area contributed by atoms with Crippen LogP contribution in [0.1, 0.15) is 33.1 Å². The molecule has 1 aliphatic carbocycles. The van der Waals surface area contributed by atoms with Gasteiger partial charge >= 0.3 is 0 Å². The zero-order chi connectivity index (χ0) is 9.42. The molecular weight excluding hydrogens is 160 g/mol. The second kappa shape index (κ2) is 3.58. The fourth-order valence-electron chi connectivity index (χ4n) is 3.06. The molecule has 2 nitrogen and oxygen atoms in total. The van der Waals surface area contributed by atoms with E-state index in [0.717, 1.165) is 30.5 Å². The van der Waals surface area contributed by atoms with Gasteiger partial charge in [0.05, 0.1) is 0 Å². The molecule has 0 radical (unpaired) electrons. The molecule has 2 heteroatoms. The van der Waals surface area contributed by atoms with Gasteiger partial charge in [-0.05, 0) is 44.6 Å². The van der Waals surface area contributed by atoms with Crippen LogP contribution < -0.4 is 5.73 Å². The van der Waals surface area contributed by atoms with Crippen molar-refractivity contribution in [1.29, 1.82) is 0 Å². The van der Waals surface area contributed by atoms with Gasteiger partial charge in [-0.2, -0.15) is 0 Å². The Labute approximate surface area is 81.5 Å². The Bertz CT molecular complexity index is 179. The van der Waals surface area contributed by atoms with Crippen LogP contribution in [-0.4, -0.2) is 30.1 Å². The van der Waals surface area contributed by atoms with Crippen molar-refractivity contribution in [2.24, 2.45) is 17.6 Å². The topological polar surface area (TPSA) is 29.3 Å². The molecule has 2 aliphatic rings. The van der Waals surface area contributed by atoms with E-state index in [9.17, 15) is 0 Å². The molecule has 0 amide bonds. The third kappa shape index (κ3) is 1.62. The van der Waals surface area contributed by atoms with Crippen molar-refractivity contribution < 1.29 is 0 Å². The minimum Gasteiger partial charge on any atom is -0.330 e. The Kier molecular flexibility index (Phi) is 2.61. The lowest BCUT2D eigenvalue weighted by atomic mass is 9.78. The molecule has 0 aromatic rings. The van der Waals surface area contributed by atoms with E-state index in [0.29, 0.717) is 0 Å². The highest BCUT2D eigenvalue weighted by Crippen LogP contribution is 2.36. The van der Waals surface area contributed by atoms with Crippen LogP contribution in [-0.2, 0) is 0 Å². The Morgan fingerprint density at radius 1 is 1.31 bits per heavy atom. The molecule has 76 valence electrons. The van der Waals surface area contributed by atoms with E-state index in [1.807, 2.05) is 0 Å². The highest BCUT2D eigenvalue weighted by Gasteiger charge is 2.39. The number of likely N-dealkylation sites (tertiary alicyclic amines) is 1. The summed E-state index contributed by atoms with van der Waals surface area (Å²) in [5.41, 5.74) is 5.75. The van der Waals surface area contributed by atoms with Gasteiger partial charge in [0.15, 0.2) is 0 Å². The smallest absolute Gasteiger partial charge is 0.0139 e. The van der Waals surface area contributed by atoms with Crippen LogP contribution in [0.15, 0.2) is 0 Å². The Hall–Kier alpha value is -0.0800. The average molecular weight is 182 g/mol. The molecule has 1 saturated heterocycles. The Morgan fingerprint density at radius 3 is 2.46 bits per heavy atom. The van der Waals surface area contributed by atoms with Gasteiger partial charge in [-0.1, -0.05) is 6.92 Å². The minimum absolute atomic E-state index is 0.799. The third-order valence-corrected chi connectivity index (χ3v) is 3.94. The first kappa shape index (κ1) is 9.47. The third-order valence-electron chi connectivity index (χ3n) is 3.94. The van der Waals surface area contributed by atoms with Gasteiger partial charge in [-0.15, -0.1) is 0 Å². The summed E-state index contributed by atoms with van der Waals surface area (Å²) >= 11 is 0. The lowest BCUT2D eigenvalue weighted by Crippen LogP contribution is -2.51. The van der Waals surface area contributed by atoms with Crippen molar-refractivity contribution >= 4 is 0 Å². The first-order valence-corrected chi connectivity index (χ1v) is 5.68. The van der Waals surface area contributed by atoms with Crippen molar-refractivity contribution in [2.45, 2.75) is 45.2 Å². The van der Waals surface area contributed by atoms with Gasteiger partial charge in [-0.25, -0.2) is 0 Å². The van der Waals surface area contributed by atoms with E-state index >= 15 is 0 Å². The molecule has 1 aliphatic heterocycles. The molecule has 0 aromatic carbocycles. The van der Waals surface area contributed by atoms with Crippen LogP contribution in [0.2, 0.25) is 0 Å². The summed E-state index contributed by atoms with van der Waals surface area (Å²) in [6, 6.07) is 1.62. The predicted molar refractivity (Wildman–Crippen MR) is 55.5 cm³/mol. The maximum atomic E-state index is 5.75. The lowest BCUT2D eigenvalue weighted by molar-refractivity contribution is 0.0599. The molecule has 0 bridgehead atoms. The van der Waals surface area contributed by atoms with Crippen molar-refractivity contribution in [3.8, 4) is 0 Å². The Balaban J connectivity index is 1.93. The van der Waals surface area contributed by atoms with Gasteiger partial charge in [0.25, 0.3) is 0 Å². The normalized spacial score (nSPS) is 46.4. The van der Waals surface area contributed by atoms with E-state index < -0.39 is 0 Å². The first-order chi connectivity index (χ1) is 6.22. The number of hydrogen-bond donors (Lipinski definition) is 1. The van der Waals surface area contributed by atoms with E-state index in [4.69, 9.17) is 5.73 Å². The highest BCUT2D eigenvalue weighted by molar-refractivity contribution is 4.94. The number of hydrogen-bond acceptors (Lipinski definition) is 2. The molecule has 13 heavy (non-hydrogen) atoms. The maximum absolute atomic E-state index is 5.75. The van der Waals surface area contributed by atoms with Gasteiger partial charge in [0.1, 0.15) is 0 Å². The summed E-state index contributed by atoms with van der Waals surface area (Å²) in [7, 11) is 0. The fraction of sp³-hybridized carbons (Fsp3) is 1.00. The number of rotatable bonds is 2. The molecule has 2 N–H and O–H groups in total. The molecule has 1 heterocycles. The van der Waals surface area contributed by atoms with E-state index in [1.54, 1.807) is 0 Å². The van der Waals surface area contributed by atoms with Crippen LogP contribution in [0.25, 0.3) is 0 Å². The van der Waals surface area contributed by atoms with Crippen molar-refractivity contribution in [3.63, 3.8) is 0 Å². The predicted octanol–water partition coefficient (Wildman–Crippen LogP) is 1.45. The zero-order valence-corrected chi connectivity index (χ0v) is 8.87. The summed E-state index contributed by atoms with van der Waals surface area (Å²) in [4.78, 5) is 2.70. The molecule has 0 aromatic heterocycles. The molecule has 1 saturated carbocycles. The summed E-state index contributed by atoms with van der Waals surface area (Å²) in [6.07, 6.45) is 4.13. The minimum atomic E-state index is 0.799. The fourth-order valence-corrected chi connectivity index (χ4v) is 3.06. The van der Waals surface area contributed by atoms with Gasteiger partial charge in [-0.3, -0.25) is 4.90 Å². The summed E-state index contributed by atoms with van der Waals surface area (Å²) in [5.74, 6) is 1.70. The zero-order valence-electron chi connectivity index (χ0n) is 8.87. The molecule has 2 fully saturated rings. The maximum Gasteiger partial charge on any atom is 0.0139 e. The summed E-state index contributed by atoms with van der Waals surface area (Å²) in [6.45, 7) is 6.94.